The van der Waals surface area contributed by atoms with Crippen LogP contribution in [0.25, 0.3) is 0 Å². The molecule has 16 heavy (non-hydrogen) atoms. The van der Waals surface area contributed by atoms with Gasteiger partial charge in [0.1, 0.15) is 0 Å². The molecular weight excluding hydrogens is 208 g/mol. The molecule has 0 aliphatic heterocycles. The molecule has 1 saturated carbocycles. The molecule has 4 nitrogen and oxygen atoms in total. The van der Waals surface area contributed by atoms with E-state index in [4.69, 9.17) is 18.9 Å². The first-order valence-corrected chi connectivity index (χ1v) is 5.55. The van der Waals surface area contributed by atoms with Crippen LogP contribution in [-0.2, 0) is 18.9 Å². The number of hydrogen-bond donors (Lipinski definition) is 0. The lowest BCUT2D eigenvalue weighted by molar-refractivity contribution is -0.108. The fourth-order valence-electron chi connectivity index (χ4n) is 1.73. The van der Waals surface area contributed by atoms with Crippen LogP contribution in [0.4, 0.5) is 0 Å². The molecule has 1 aliphatic rings. The summed E-state index contributed by atoms with van der Waals surface area (Å²) >= 11 is 0. The Morgan fingerprint density at radius 3 is 1.50 bits per heavy atom. The van der Waals surface area contributed by atoms with E-state index in [2.05, 4.69) is 13.2 Å². The Hall–Kier alpha value is -1.00. The highest BCUT2D eigenvalue weighted by Crippen LogP contribution is 2.23. The highest BCUT2D eigenvalue weighted by molar-refractivity contribution is 4.72. The Morgan fingerprint density at radius 2 is 1.19 bits per heavy atom. The van der Waals surface area contributed by atoms with Crippen molar-refractivity contribution in [1.82, 2.24) is 0 Å². The normalized spacial score (nSPS) is 24.8. The second kappa shape index (κ2) is 8.19. The number of rotatable bonds is 8. The number of ether oxygens (including phenoxy) is 4. The number of hydrogen-bond acceptors (Lipinski definition) is 4. The maximum absolute atomic E-state index is 5.50. The maximum atomic E-state index is 5.50. The van der Waals surface area contributed by atoms with E-state index < -0.39 is 0 Å². The second-order valence-corrected chi connectivity index (χ2v) is 3.63. The summed E-state index contributed by atoms with van der Waals surface area (Å²) in [4.78, 5) is 0. The van der Waals surface area contributed by atoms with Crippen LogP contribution < -0.4 is 0 Å². The molecule has 1 fully saturated rings. The first-order chi connectivity index (χ1) is 7.86. The van der Waals surface area contributed by atoms with Gasteiger partial charge < -0.3 is 18.9 Å². The highest BCUT2D eigenvalue weighted by atomic mass is 16.7. The molecule has 92 valence electrons. The largest absolute Gasteiger partial charge is 0.476 e. The summed E-state index contributed by atoms with van der Waals surface area (Å²) in [5.41, 5.74) is 0. The minimum absolute atomic E-state index is 0.278. The highest BCUT2D eigenvalue weighted by Gasteiger charge is 2.22. The van der Waals surface area contributed by atoms with E-state index in [9.17, 15) is 0 Å². The molecule has 0 N–H and O–H groups in total. The van der Waals surface area contributed by atoms with Crippen LogP contribution >= 0.6 is 0 Å². The van der Waals surface area contributed by atoms with Crippen LogP contribution in [0.1, 0.15) is 25.7 Å². The third-order valence-corrected chi connectivity index (χ3v) is 2.60. The van der Waals surface area contributed by atoms with Crippen molar-refractivity contribution in [3.05, 3.63) is 25.7 Å². The molecule has 0 bridgehead atoms. The van der Waals surface area contributed by atoms with Crippen LogP contribution in [0, 0.1) is 0 Å². The quantitative estimate of drug-likeness (QED) is 0.363. The van der Waals surface area contributed by atoms with Crippen molar-refractivity contribution in [2.24, 2.45) is 0 Å². The van der Waals surface area contributed by atoms with Gasteiger partial charge in [-0.05, 0) is 25.7 Å². The average Bonchev–Trinajstić information content (AvgIpc) is 2.32. The minimum atomic E-state index is 0.278. The van der Waals surface area contributed by atoms with Gasteiger partial charge in [0.2, 0.25) is 0 Å². The van der Waals surface area contributed by atoms with E-state index >= 15 is 0 Å². The maximum Gasteiger partial charge on any atom is 0.188 e. The van der Waals surface area contributed by atoms with Gasteiger partial charge >= 0.3 is 0 Å². The molecule has 1 rings (SSSR count). The Balaban J connectivity index is 2.04. The topological polar surface area (TPSA) is 36.9 Å². The fourth-order valence-corrected chi connectivity index (χ4v) is 1.73. The van der Waals surface area contributed by atoms with Crippen molar-refractivity contribution in [3.8, 4) is 0 Å². The van der Waals surface area contributed by atoms with Crippen molar-refractivity contribution < 1.29 is 18.9 Å². The molecule has 0 aromatic carbocycles. The van der Waals surface area contributed by atoms with Crippen molar-refractivity contribution in [2.45, 2.75) is 37.9 Å². The van der Waals surface area contributed by atoms with Crippen molar-refractivity contribution in [1.29, 1.82) is 0 Å². The summed E-state index contributed by atoms with van der Waals surface area (Å²) in [6.07, 6.45) is 7.33. The zero-order valence-electron chi connectivity index (χ0n) is 9.60. The smallest absolute Gasteiger partial charge is 0.188 e. The van der Waals surface area contributed by atoms with Crippen LogP contribution in [0.5, 0.6) is 0 Å². The predicted octanol–water partition coefficient (Wildman–Crippen LogP) is 2.57. The SMILES string of the molecule is C=COCOC1CCC(OCOC=C)CC1. The van der Waals surface area contributed by atoms with E-state index in [0.29, 0.717) is 13.6 Å². The summed E-state index contributed by atoms with van der Waals surface area (Å²) in [7, 11) is 0. The van der Waals surface area contributed by atoms with E-state index in [1.54, 1.807) is 0 Å². The van der Waals surface area contributed by atoms with E-state index in [1.807, 2.05) is 0 Å². The Kier molecular flexibility index (Phi) is 6.69. The van der Waals surface area contributed by atoms with Crippen LogP contribution in [0.15, 0.2) is 25.7 Å². The first-order valence-electron chi connectivity index (χ1n) is 5.55. The molecule has 0 heterocycles. The second-order valence-electron chi connectivity index (χ2n) is 3.63. The van der Waals surface area contributed by atoms with Gasteiger partial charge in [0.15, 0.2) is 13.6 Å². The van der Waals surface area contributed by atoms with Gasteiger partial charge in [-0.1, -0.05) is 13.2 Å². The molecule has 0 radical (unpaired) electrons. The van der Waals surface area contributed by atoms with Gasteiger partial charge in [-0.25, -0.2) is 0 Å². The van der Waals surface area contributed by atoms with Crippen LogP contribution in [0.2, 0.25) is 0 Å². The Morgan fingerprint density at radius 1 is 0.812 bits per heavy atom. The van der Waals surface area contributed by atoms with Gasteiger partial charge in [-0.3, -0.25) is 0 Å². The van der Waals surface area contributed by atoms with E-state index in [-0.39, 0.29) is 12.2 Å². The molecule has 0 spiro atoms. The van der Waals surface area contributed by atoms with Crippen molar-refractivity contribution in [3.63, 3.8) is 0 Å². The van der Waals surface area contributed by atoms with Gasteiger partial charge in [0.05, 0.1) is 24.7 Å². The molecule has 0 aromatic rings. The van der Waals surface area contributed by atoms with Gasteiger partial charge in [0, 0.05) is 0 Å². The molecule has 0 amide bonds. The zero-order chi connectivity index (χ0) is 11.6. The zero-order valence-corrected chi connectivity index (χ0v) is 9.60. The molecule has 0 atom stereocenters. The Labute approximate surface area is 96.8 Å². The first kappa shape index (κ1) is 13.1. The lowest BCUT2D eigenvalue weighted by Gasteiger charge is -2.27. The third kappa shape index (κ3) is 5.19. The average molecular weight is 228 g/mol. The lowest BCUT2D eigenvalue weighted by atomic mass is 9.95. The van der Waals surface area contributed by atoms with Crippen LogP contribution in [-0.4, -0.2) is 25.8 Å². The summed E-state index contributed by atoms with van der Waals surface area (Å²) in [6, 6.07) is 0. The molecule has 0 aromatic heterocycles. The lowest BCUT2D eigenvalue weighted by Crippen LogP contribution is -2.27. The molecular formula is C12H20O4. The predicted molar refractivity (Wildman–Crippen MR) is 60.5 cm³/mol. The summed E-state index contributed by atoms with van der Waals surface area (Å²) in [6.45, 7) is 7.49. The standard InChI is InChI=1S/C12H20O4/c1-3-13-9-15-11-5-7-12(8-6-11)16-10-14-4-2/h3-4,11-12H,1-2,5-10H2. The van der Waals surface area contributed by atoms with E-state index in [1.165, 1.54) is 12.5 Å². The fraction of sp³-hybridized carbons (Fsp3) is 0.667. The summed E-state index contributed by atoms with van der Waals surface area (Å²) < 4.78 is 20.8. The molecule has 0 saturated heterocycles. The molecule has 0 unspecified atom stereocenters. The van der Waals surface area contributed by atoms with E-state index in [0.717, 1.165) is 25.7 Å². The molecule has 4 heteroatoms. The molecule has 1 aliphatic carbocycles. The van der Waals surface area contributed by atoms with Crippen molar-refractivity contribution in [2.75, 3.05) is 13.6 Å². The monoisotopic (exact) mass is 228 g/mol. The van der Waals surface area contributed by atoms with Gasteiger partial charge in [-0.15, -0.1) is 0 Å². The van der Waals surface area contributed by atoms with Crippen molar-refractivity contribution >= 4 is 0 Å². The summed E-state index contributed by atoms with van der Waals surface area (Å²) in [5.74, 6) is 0. The minimum Gasteiger partial charge on any atom is -0.476 e. The summed E-state index contributed by atoms with van der Waals surface area (Å²) in [5, 5.41) is 0. The third-order valence-electron chi connectivity index (χ3n) is 2.60. The van der Waals surface area contributed by atoms with Gasteiger partial charge in [-0.2, -0.15) is 0 Å². The Bertz CT molecular complexity index is 175. The van der Waals surface area contributed by atoms with Gasteiger partial charge in [0.25, 0.3) is 0 Å². The van der Waals surface area contributed by atoms with Crippen LogP contribution in [0.3, 0.4) is 0 Å².